The van der Waals surface area contributed by atoms with E-state index in [-0.39, 0.29) is 5.91 Å². The van der Waals surface area contributed by atoms with Gasteiger partial charge in [-0.05, 0) is 24.3 Å². The second-order valence-electron chi connectivity index (χ2n) is 3.66. The Morgan fingerprint density at radius 1 is 1.29 bits per heavy atom. The van der Waals surface area contributed by atoms with Crippen LogP contribution in [0.5, 0.6) is 0 Å². The second kappa shape index (κ2) is 4.75. The molecular weight excluding hydrogens is 220 g/mol. The lowest BCUT2D eigenvalue weighted by molar-refractivity contribution is 0.0857. The van der Waals surface area contributed by atoms with Gasteiger partial charge in [0.2, 0.25) is 12.3 Å². The van der Waals surface area contributed by atoms with Gasteiger partial charge in [-0.2, -0.15) is 0 Å². The van der Waals surface area contributed by atoms with Crippen LogP contribution < -0.4 is 5.43 Å². The number of nitrogens with one attached hydrogen (secondary N) is 1. The average Bonchev–Trinajstić information content (AvgIpc) is 2.82. The summed E-state index contributed by atoms with van der Waals surface area (Å²) in [5, 5.41) is 8.97. The molecule has 0 bridgehead atoms. The topological polar surface area (TPSA) is 71.3 Å². The van der Waals surface area contributed by atoms with Crippen molar-refractivity contribution in [3.05, 3.63) is 36.2 Å². The molecule has 0 saturated carbocycles. The van der Waals surface area contributed by atoms with Crippen LogP contribution in [0.15, 0.2) is 35.1 Å². The molecule has 1 amide bonds. The maximum Gasteiger partial charge on any atom is 0.265 e. The van der Waals surface area contributed by atoms with E-state index >= 15 is 0 Å². The molecule has 0 unspecified atom stereocenters. The first kappa shape index (κ1) is 11.3. The number of carbonyl (C=O) groups excluding carboxylic acids is 1. The van der Waals surface area contributed by atoms with Gasteiger partial charge in [0, 0.05) is 25.2 Å². The lowest BCUT2D eigenvalue weighted by Crippen LogP contribution is -2.36. The van der Waals surface area contributed by atoms with Gasteiger partial charge in [-0.1, -0.05) is 0 Å². The van der Waals surface area contributed by atoms with E-state index in [0.717, 1.165) is 5.56 Å². The van der Waals surface area contributed by atoms with Crippen molar-refractivity contribution in [2.75, 3.05) is 14.1 Å². The molecule has 2 aromatic rings. The second-order valence-corrected chi connectivity index (χ2v) is 3.66. The fourth-order valence-electron chi connectivity index (χ4n) is 1.33. The van der Waals surface area contributed by atoms with E-state index in [1.807, 2.05) is 0 Å². The van der Waals surface area contributed by atoms with Gasteiger partial charge < -0.3 is 4.42 Å². The molecule has 0 fully saturated rings. The highest BCUT2D eigenvalue weighted by Gasteiger charge is 2.08. The quantitative estimate of drug-likeness (QED) is 0.797. The fourth-order valence-corrected chi connectivity index (χ4v) is 1.33. The highest BCUT2D eigenvalue weighted by Crippen LogP contribution is 2.16. The summed E-state index contributed by atoms with van der Waals surface area (Å²) in [7, 11) is 3.51. The number of hydrazine groups is 1. The number of amides is 1. The minimum atomic E-state index is -0.160. The summed E-state index contributed by atoms with van der Waals surface area (Å²) in [4.78, 5) is 11.6. The van der Waals surface area contributed by atoms with E-state index < -0.39 is 0 Å². The van der Waals surface area contributed by atoms with Crippen molar-refractivity contribution in [1.29, 1.82) is 0 Å². The molecule has 1 heterocycles. The number of nitrogens with zero attached hydrogens (tertiary/aromatic N) is 3. The van der Waals surface area contributed by atoms with Crippen molar-refractivity contribution >= 4 is 5.91 Å². The SMILES string of the molecule is CN(C)NC(=O)c1ccc(-c2nnco2)cc1. The van der Waals surface area contributed by atoms with E-state index in [1.165, 1.54) is 6.39 Å². The monoisotopic (exact) mass is 232 g/mol. The van der Waals surface area contributed by atoms with E-state index in [0.29, 0.717) is 11.5 Å². The van der Waals surface area contributed by atoms with Gasteiger partial charge >= 0.3 is 0 Å². The largest absolute Gasteiger partial charge is 0.423 e. The number of carbonyl (C=O) groups is 1. The van der Waals surface area contributed by atoms with Gasteiger partial charge in [0.25, 0.3) is 5.91 Å². The van der Waals surface area contributed by atoms with Crippen molar-refractivity contribution in [3.8, 4) is 11.5 Å². The highest BCUT2D eigenvalue weighted by molar-refractivity contribution is 5.94. The van der Waals surface area contributed by atoms with Crippen LogP contribution in [-0.2, 0) is 0 Å². The zero-order valence-electron chi connectivity index (χ0n) is 9.54. The van der Waals surface area contributed by atoms with Crippen LogP contribution in [0, 0.1) is 0 Å². The fraction of sp³-hybridized carbons (Fsp3) is 0.182. The van der Waals surface area contributed by atoms with Gasteiger partial charge in [-0.3, -0.25) is 10.2 Å². The van der Waals surface area contributed by atoms with Gasteiger partial charge in [0.15, 0.2) is 0 Å². The molecule has 0 radical (unpaired) electrons. The number of benzene rings is 1. The molecule has 0 aliphatic heterocycles. The van der Waals surface area contributed by atoms with Crippen LogP contribution in [0.25, 0.3) is 11.5 Å². The van der Waals surface area contributed by atoms with Crippen molar-refractivity contribution in [1.82, 2.24) is 20.6 Å². The van der Waals surface area contributed by atoms with Crippen molar-refractivity contribution in [2.45, 2.75) is 0 Å². The molecule has 0 spiro atoms. The normalized spacial score (nSPS) is 10.5. The zero-order chi connectivity index (χ0) is 12.3. The molecule has 6 nitrogen and oxygen atoms in total. The zero-order valence-corrected chi connectivity index (χ0v) is 9.54. The van der Waals surface area contributed by atoms with E-state index in [2.05, 4.69) is 15.6 Å². The van der Waals surface area contributed by atoms with Crippen LogP contribution in [0.1, 0.15) is 10.4 Å². The molecule has 0 aliphatic carbocycles. The Morgan fingerprint density at radius 3 is 2.53 bits per heavy atom. The summed E-state index contributed by atoms with van der Waals surface area (Å²) in [5.74, 6) is 0.275. The molecule has 88 valence electrons. The first-order chi connectivity index (χ1) is 8.16. The molecule has 1 aromatic carbocycles. The Balaban J connectivity index is 2.16. The van der Waals surface area contributed by atoms with Crippen LogP contribution in [-0.4, -0.2) is 35.2 Å². The summed E-state index contributed by atoms with van der Waals surface area (Å²) in [6.45, 7) is 0. The Hall–Kier alpha value is -2.21. The Morgan fingerprint density at radius 2 is 2.00 bits per heavy atom. The molecule has 0 saturated heterocycles. The summed E-state index contributed by atoms with van der Waals surface area (Å²) >= 11 is 0. The smallest absolute Gasteiger partial charge is 0.265 e. The molecule has 1 aromatic heterocycles. The number of hydrogen-bond acceptors (Lipinski definition) is 5. The Labute approximate surface area is 98.2 Å². The molecule has 1 N–H and O–H groups in total. The first-order valence-electron chi connectivity index (χ1n) is 5.02. The molecule has 6 heteroatoms. The van der Waals surface area contributed by atoms with Crippen LogP contribution in [0.2, 0.25) is 0 Å². The number of rotatable bonds is 3. The number of aromatic nitrogens is 2. The van der Waals surface area contributed by atoms with Gasteiger partial charge in [0.05, 0.1) is 0 Å². The highest BCUT2D eigenvalue weighted by atomic mass is 16.4. The molecular formula is C11H12N4O2. The summed E-state index contributed by atoms with van der Waals surface area (Å²) in [5.41, 5.74) is 4.01. The van der Waals surface area contributed by atoms with Gasteiger partial charge in [0.1, 0.15) is 0 Å². The average molecular weight is 232 g/mol. The standard InChI is InChI=1S/C11H12N4O2/c1-15(2)14-10(16)8-3-5-9(6-4-8)11-13-12-7-17-11/h3-7H,1-2H3,(H,14,16). The Bertz CT molecular complexity index is 491. The molecule has 17 heavy (non-hydrogen) atoms. The third-order valence-corrected chi connectivity index (χ3v) is 2.08. The van der Waals surface area contributed by atoms with Crippen molar-refractivity contribution < 1.29 is 9.21 Å². The van der Waals surface area contributed by atoms with Crippen molar-refractivity contribution in [3.63, 3.8) is 0 Å². The first-order valence-corrected chi connectivity index (χ1v) is 5.02. The van der Waals surface area contributed by atoms with Gasteiger partial charge in [-0.25, -0.2) is 5.01 Å². The predicted molar refractivity (Wildman–Crippen MR) is 60.9 cm³/mol. The van der Waals surface area contributed by atoms with E-state index in [9.17, 15) is 4.79 Å². The van der Waals surface area contributed by atoms with Crippen molar-refractivity contribution in [2.24, 2.45) is 0 Å². The summed E-state index contributed by atoms with van der Waals surface area (Å²) < 4.78 is 5.05. The lowest BCUT2D eigenvalue weighted by atomic mass is 10.1. The van der Waals surface area contributed by atoms with Gasteiger partial charge in [-0.15, -0.1) is 10.2 Å². The number of hydrogen-bond donors (Lipinski definition) is 1. The lowest BCUT2D eigenvalue weighted by Gasteiger charge is -2.11. The minimum absolute atomic E-state index is 0.160. The summed E-state index contributed by atoms with van der Waals surface area (Å²) in [6.07, 6.45) is 1.27. The minimum Gasteiger partial charge on any atom is -0.423 e. The van der Waals surface area contributed by atoms with Crippen LogP contribution >= 0.6 is 0 Å². The molecule has 0 atom stereocenters. The molecule has 0 aliphatic rings. The predicted octanol–water partition coefficient (Wildman–Crippen LogP) is 0.943. The third kappa shape index (κ3) is 2.67. The van der Waals surface area contributed by atoms with E-state index in [1.54, 1.807) is 43.4 Å². The Kier molecular flexibility index (Phi) is 3.15. The van der Waals surface area contributed by atoms with Crippen LogP contribution in [0.4, 0.5) is 0 Å². The summed E-state index contributed by atoms with van der Waals surface area (Å²) in [6, 6.07) is 6.94. The molecule has 2 rings (SSSR count). The van der Waals surface area contributed by atoms with Crippen LogP contribution in [0.3, 0.4) is 0 Å². The van der Waals surface area contributed by atoms with E-state index in [4.69, 9.17) is 4.42 Å². The maximum absolute atomic E-state index is 11.6. The third-order valence-electron chi connectivity index (χ3n) is 2.08. The maximum atomic E-state index is 11.6.